The van der Waals surface area contributed by atoms with E-state index >= 15 is 0 Å². The molecule has 15 heavy (non-hydrogen) atoms. The number of rotatable bonds is 3. The predicted molar refractivity (Wildman–Crippen MR) is 57.3 cm³/mol. The van der Waals surface area contributed by atoms with Crippen LogP contribution in [0.5, 0.6) is 0 Å². The quantitative estimate of drug-likeness (QED) is 0.824. The number of hydrogen-bond donors (Lipinski definition) is 1. The SMILES string of the molecule is Cc1ccc(C(C)NC2COC2)cc1F. The molecule has 1 fully saturated rings. The van der Waals surface area contributed by atoms with Crippen molar-refractivity contribution >= 4 is 0 Å². The lowest BCUT2D eigenvalue weighted by Gasteiger charge is -2.30. The normalized spacial score (nSPS) is 18.6. The summed E-state index contributed by atoms with van der Waals surface area (Å²) < 4.78 is 18.4. The van der Waals surface area contributed by atoms with Gasteiger partial charge < -0.3 is 10.1 Å². The molecule has 0 radical (unpaired) electrons. The highest BCUT2D eigenvalue weighted by Crippen LogP contribution is 2.17. The molecule has 1 unspecified atom stereocenters. The molecule has 1 aliphatic heterocycles. The van der Waals surface area contributed by atoms with Crippen LogP contribution in [-0.2, 0) is 4.74 Å². The molecule has 1 aromatic rings. The zero-order chi connectivity index (χ0) is 10.8. The smallest absolute Gasteiger partial charge is 0.126 e. The van der Waals surface area contributed by atoms with E-state index in [2.05, 4.69) is 5.32 Å². The summed E-state index contributed by atoms with van der Waals surface area (Å²) in [6.07, 6.45) is 0. The Hall–Kier alpha value is -0.930. The lowest BCUT2D eigenvalue weighted by Crippen LogP contribution is -2.46. The molecule has 3 heteroatoms. The van der Waals surface area contributed by atoms with Crippen LogP contribution in [0.4, 0.5) is 4.39 Å². The van der Waals surface area contributed by atoms with Gasteiger partial charge in [0.25, 0.3) is 0 Å². The van der Waals surface area contributed by atoms with Crippen LogP contribution in [0.15, 0.2) is 18.2 Å². The fourth-order valence-electron chi connectivity index (χ4n) is 1.66. The van der Waals surface area contributed by atoms with E-state index < -0.39 is 0 Å². The van der Waals surface area contributed by atoms with Gasteiger partial charge >= 0.3 is 0 Å². The van der Waals surface area contributed by atoms with Crippen LogP contribution in [0.1, 0.15) is 24.1 Å². The third kappa shape index (κ3) is 2.36. The van der Waals surface area contributed by atoms with E-state index in [1.54, 1.807) is 13.0 Å². The molecule has 1 saturated heterocycles. The van der Waals surface area contributed by atoms with Gasteiger partial charge in [-0.3, -0.25) is 0 Å². The first-order valence-electron chi connectivity index (χ1n) is 5.26. The Balaban J connectivity index is 2.03. The summed E-state index contributed by atoms with van der Waals surface area (Å²) in [4.78, 5) is 0. The Morgan fingerprint density at radius 1 is 1.47 bits per heavy atom. The highest BCUT2D eigenvalue weighted by atomic mass is 19.1. The monoisotopic (exact) mass is 209 g/mol. The summed E-state index contributed by atoms with van der Waals surface area (Å²) in [6.45, 7) is 5.34. The Bertz CT molecular complexity index is 349. The number of benzene rings is 1. The first kappa shape index (κ1) is 10.6. The molecule has 0 aromatic heterocycles. The Morgan fingerprint density at radius 3 is 2.73 bits per heavy atom. The largest absolute Gasteiger partial charge is 0.378 e. The lowest BCUT2D eigenvalue weighted by atomic mass is 10.0. The van der Waals surface area contributed by atoms with E-state index in [4.69, 9.17) is 4.74 Å². The van der Waals surface area contributed by atoms with E-state index in [1.807, 2.05) is 19.1 Å². The molecule has 0 amide bonds. The van der Waals surface area contributed by atoms with Crippen LogP contribution in [0.2, 0.25) is 0 Å². The third-order valence-electron chi connectivity index (χ3n) is 2.82. The maximum Gasteiger partial charge on any atom is 0.126 e. The van der Waals surface area contributed by atoms with Crippen molar-refractivity contribution < 1.29 is 9.13 Å². The van der Waals surface area contributed by atoms with E-state index in [0.717, 1.165) is 18.8 Å². The van der Waals surface area contributed by atoms with Crippen LogP contribution in [0.25, 0.3) is 0 Å². The van der Waals surface area contributed by atoms with Crippen molar-refractivity contribution in [3.8, 4) is 0 Å². The third-order valence-corrected chi connectivity index (χ3v) is 2.82. The summed E-state index contributed by atoms with van der Waals surface area (Å²) >= 11 is 0. The molecular weight excluding hydrogens is 193 g/mol. The summed E-state index contributed by atoms with van der Waals surface area (Å²) in [7, 11) is 0. The summed E-state index contributed by atoms with van der Waals surface area (Å²) in [6, 6.07) is 5.99. The molecular formula is C12H16FNO. The van der Waals surface area contributed by atoms with Crippen molar-refractivity contribution in [2.45, 2.75) is 25.9 Å². The minimum atomic E-state index is -0.133. The molecule has 1 aromatic carbocycles. The topological polar surface area (TPSA) is 21.3 Å². The van der Waals surface area contributed by atoms with Crippen molar-refractivity contribution in [3.63, 3.8) is 0 Å². The van der Waals surface area contributed by atoms with Crippen LogP contribution in [0.3, 0.4) is 0 Å². The average molecular weight is 209 g/mol. The van der Waals surface area contributed by atoms with E-state index in [-0.39, 0.29) is 11.9 Å². The van der Waals surface area contributed by atoms with E-state index in [9.17, 15) is 4.39 Å². The standard InChI is InChI=1S/C12H16FNO/c1-8-3-4-10(5-12(8)13)9(2)14-11-6-15-7-11/h3-5,9,11,14H,6-7H2,1-2H3. The molecule has 0 aliphatic carbocycles. The fraction of sp³-hybridized carbons (Fsp3) is 0.500. The molecule has 0 spiro atoms. The lowest BCUT2D eigenvalue weighted by molar-refractivity contribution is -0.00926. The molecule has 1 aliphatic rings. The number of halogens is 1. The van der Waals surface area contributed by atoms with E-state index in [0.29, 0.717) is 11.6 Å². The Labute approximate surface area is 89.4 Å². The number of hydrogen-bond acceptors (Lipinski definition) is 2. The van der Waals surface area contributed by atoms with Crippen LogP contribution >= 0.6 is 0 Å². The first-order chi connectivity index (χ1) is 7.16. The van der Waals surface area contributed by atoms with E-state index in [1.165, 1.54) is 0 Å². The highest BCUT2D eigenvalue weighted by Gasteiger charge is 2.20. The van der Waals surface area contributed by atoms with Crippen molar-refractivity contribution in [2.24, 2.45) is 0 Å². The highest BCUT2D eigenvalue weighted by molar-refractivity contribution is 5.25. The second-order valence-electron chi connectivity index (χ2n) is 4.13. The van der Waals surface area contributed by atoms with Gasteiger partial charge in [0, 0.05) is 6.04 Å². The minimum Gasteiger partial charge on any atom is -0.378 e. The maximum atomic E-state index is 13.3. The average Bonchev–Trinajstić information content (AvgIpc) is 2.15. The molecule has 0 saturated carbocycles. The van der Waals surface area contributed by atoms with Gasteiger partial charge in [0.1, 0.15) is 5.82 Å². The molecule has 2 nitrogen and oxygen atoms in total. The number of aryl methyl sites for hydroxylation is 1. The molecule has 1 atom stereocenters. The van der Waals surface area contributed by atoms with Crippen LogP contribution < -0.4 is 5.32 Å². The summed E-state index contributed by atoms with van der Waals surface area (Å²) in [5.74, 6) is -0.133. The fourth-order valence-corrected chi connectivity index (χ4v) is 1.66. The van der Waals surface area contributed by atoms with Gasteiger partial charge in [-0.1, -0.05) is 12.1 Å². The van der Waals surface area contributed by atoms with Gasteiger partial charge in [-0.15, -0.1) is 0 Å². The second kappa shape index (κ2) is 4.29. The molecule has 2 rings (SSSR count). The van der Waals surface area contributed by atoms with Crippen molar-refractivity contribution in [1.82, 2.24) is 5.32 Å². The van der Waals surface area contributed by atoms with Gasteiger partial charge in [0.05, 0.1) is 19.3 Å². The number of ether oxygens (including phenoxy) is 1. The van der Waals surface area contributed by atoms with Crippen LogP contribution in [0, 0.1) is 12.7 Å². The summed E-state index contributed by atoms with van der Waals surface area (Å²) in [5, 5.41) is 3.39. The van der Waals surface area contributed by atoms with Gasteiger partial charge in [0.15, 0.2) is 0 Å². The van der Waals surface area contributed by atoms with Gasteiger partial charge in [-0.2, -0.15) is 0 Å². The minimum absolute atomic E-state index is 0.133. The molecule has 0 bridgehead atoms. The zero-order valence-corrected chi connectivity index (χ0v) is 9.09. The first-order valence-corrected chi connectivity index (χ1v) is 5.26. The zero-order valence-electron chi connectivity index (χ0n) is 9.09. The Morgan fingerprint density at radius 2 is 2.20 bits per heavy atom. The van der Waals surface area contributed by atoms with Crippen molar-refractivity contribution in [2.75, 3.05) is 13.2 Å². The van der Waals surface area contributed by atoms with Crippen molar-refractivity contribution in [1.29, 1.82) is 0 Å². The Kier molecular flexibility index (Phi) is 3.03. The van der Waals surface area contributed by atoms with Crippen LogP contribution in [-0.4, -0.2) is 19.3 Å². The second-order valence-corrected chi connectivity index (χ2v) is 4.13. The maximum absolute atomic E-state index is 13.3. The van der Waals surface area contributed by atoms with Gasteiger partial charge in [-0.25, -0.2) is 4.39 Å². The van der Waals surface area contributed by atoms with Crippen molar-refractivity contribution in [3.05, 3.63) is 35.1 Å². The van der Waals surface area contributed by atoms with Gasteiger partial charge in [-0.05, 0) is 31.0 Å². The molecule has 82 valence electrons. The summed E-state index contributed by atoms with van der Waals surface area (Å²) in [5.41, 5.74) is 1.68. The number of nitrogens with one attached hydrogen (secondary N) is 1. The van der Waals surface area contributed by atoms with Gasteiger partial charge in [0.2, 0.25) is 0 Å². The molecule has 1 N–H and O–H groups in total. The molecule has 1 heterocycles. The predicted octanol–water partition coefficient (Wildman–Crippen LogP) is 2.18.